The molecule has 0 unspecified atom stereocenters. The second kappa shape index (κ2) is 6.17. The lowest BCUT2D eigenvalue weighted by Gasteiger charge is -2.03. The van der Waals surface area contributed by atoms with Crippen LogP contribution in [-0.4, -0.2) is 10.2 Å². The van der Waals surface area contributed by atoms with Crippen LogP contribution in [0.5, 0.6) is 0 Å². The zero-order valence-corrected chi connectivity index (χ0v) is 13.5. The van der Waals surface area contributed by atoms with E-state index in [1.807, 2.05) is 6.07 Å². The molecular weight excluding hydrogens is 292 g/mol. The number of H-pyrrole nitrogens is 1. The highest BCUT2D eigenvalue weighted by atomic mass is 15.1. The molecule has 0 aliphatic rings. The van der Waals surface area contributed by atoms with Gasteiger partial charge in [0, 0.05) is 5.56 Å². The van der Waals surface area contributed by atoms with Gasteiger partial charge in [-0.05, 0) is 35.7 Å². The number of benzene rings is 3. The number of rotatable bonds is 3. The van der Waals surface area contributed by atoms with Gasteiger partial charge < -0.3 is 0 Å². The molecule has 116 valence electrons. The molecule has 1 aromatic heterocycles. The van der Waals surface area contributed by atoms with E-state index in [1.54, 1.807) is 0 Å². The Balaban J connectivity index is 1.63. The van der Waals surface area contributed by atoms with E-state index in [-0.39, 0.29) is 0 Å². The van der Waals surface area contributed by atoms with Crippen LogP contribution in [0.4, 0.5) is 0 Å². The Morgan fingerprint density at radius 1 is 0.625 bits per heavy atom. The summed E-state index contributed by atoms with van der Waals surface area (Å²) in [6, 6.07) is 29.5. The van der Waals surface area contributed by atoms with Crippen LogP contribution in [0.15, 0.2) is 84.9 Å². The van der Waals surface area contributed by atoms with Crippen LogP contribution in [0.25, 0.3) is 33.6 Å². The van der Waals surface area contributed by atoms with Crippen molar-refractivity contribution < 1.29 is 0 Å². The van der Waals surface area contributed by atoms with Gasteiger partial charge in [-0.2, -0.15) is 5.10 Å². The van der Waals surface area contributed by atoms with Gasteiger partial charge in [-0.15, -0.1) is 0 Å². The average Bonchev–Trinajstić information content (AvgIpc) is 3.13. The summed E-state index contributed by atoms with van der Waals surface area (Å²) in [6.07, 6.45) is 0. The molecule has 0 saturated heterocycles. The predicted octanol–water partition coefficient (Wildman–Crippen LogP) is 5.72. The van der Waals surface area contributed by atoms with Gasteiger partial charge in [0.15, 0.2) is 0 Å². The zero-order chi connectivity index (χ0) is 16.4. The molecule has 0 saturated carbocycles. The van der Waals surface area contributed by atoms with Crippen molar-refractivity contribution in [3.05, 3.63) is 90.5 Å². The van der Waals surface area contributed by atoms with Crippen molar-refractivity contribution in [1.29, 1.82) is 0 Å². The van der Waals surface area contributed by atoms with Crippen molar-refractivity contribution in [3.63, 3.8) is 0 Å². The van der Waals surface area contributed by atoms with Crippen LogP contribution in [-0.2, 0) is 0 Å². The average molecular weight is 310 g/mol. The Hall–Kier alpha value is -3.13. The third-order valence-electron chi connectivity index (χ3n) is 4.19. The van der Waals surface area contributed by atoms with Crippen LogP contribution in [0, 0.1) is 6.92 Å². The summed E-state index contributed by atoms with van der Waals surface area (Å²) in [5, 5.41) is 7.61. The minimum Gasteiger partial charge on any atom is -0.277 e. The summed E-state index contributed by atoms with van der Waals surface area (Å²) in [7, 11) is 0. The van der Waals surface area contributed by atoms with E-state index in [2.05, 4.69) is 96.0 Å². The van der Waals surface area contributed by atoms with Gasteiger partial charge in [-0.1, -0.05) is 78.4 Å². The van der Waals surface area contributed by atoms with Crippen molar-refractivity contribution in [2.24, 2.45) is 0 Å². The summed E-state index contributed by atoms with van der Waals surface area (Å²) >= 11 is 0. The molecular formula is C22H18N2. The van der Waals surface area contributed by atoms with Gasteiger partial charge in [0.1, 0.15) is 0 Å². The quantitative estimate of drug-likeness (QED) is 0.515. The first kappa shape index (κ1) is 14.5. The minimum absolute atomic E-state index is 0.973. The first-order valence-corrected chi connectivity index (χ1v) is 8.08. The van der Waals surface area contributed by atoms with Gasteiger partial charge in [-0.3, -0.25) is 5.10 Å². The number of hydrogen-bond acceptors (Lipinski definition) is 1. The van der Waals surface area contributed by atoms with E-state index >= 15 is 0 Å². The normalized spacial score (nSPS) is 10.7. The number of nitrogens with one attached hydrogen (secondary N) is 1. The van der Waals surface area contributed by atoms with Gasteiger partial charge in [0.05, 0.1) is 11.4 Å². The lowest BCUT2D eigenvalue weighted by Crippen LogP contribution is -1.80. The zero-order valence-electron chi connectivity index (χ0n) is 13.5. The third kappa shape index (κ3) is 2.86. The molecule has 2 heteroatoms. The molecule has 2 nitrogen and oxygen atoms in total. The van der Waals surface area contributed by atoms with Crippen molar-refractivity contribution >= 4 is 0 Å². The molecule has 0 aliphatic carbocycles. The number of nitrogens with zero attached hydrogens (tertiary/aromatic N) is 1. The van der Waals surface area contributed by atoms with Crippen molar-refractivity contribution in [2.45, 2.75) is 6.92 Å². The van der Waals surface area contributed by atoms with Crippen molar-refractivity contribution in [3.8, 4) is 33.6 Å². The summed E-state index contributed by atoms with van der Waals surface area (Å²) in [4.78, 5) is 0. The Kier molecular flexibility index (Phi) is 3.72. The fourth-order valence-electron chi connectivity index (χ4n) is 2.89. The number of hydrogen-bond donors (Lipinski definition) is 1. The van der Waals surface area contributed by atoms with E-state index < -0.39 is 0 Å². The molecule has 0 spiro atoms. The van der Waals surface area contributed by atoms with Crippen LogP contribution in [0.2, 0.25) is 0 Å². The first-order chi connectivity index (χ1) is 11.8. The van der Waals surface area contributed by atoms with E-state index in [1.165, 1.54) is 16.7 Å². The van der Waals surface area contributed by atoms with E-state index in [9.17, 15) is 0 Å². The lowest BCUT2D eigenvalue weighted by atomic mass is 10.0. The van der Waals surface area contributed by atoms with Crippen molar-refractivity contribution in [1.82, 2.24) is 10.2 Å². The van der Waals surface area contributed by atoms with Crippen molar-refractivity contribution in [2.75, 3.05) is 0 Å². The van der Waals surface area contributed by atoms with Crippen LogP contribution < -0.4 is 0 Å². The molecule has 0 radical (unpaired) electrons. The van der Waals surface area contributed by atoms with Crippen LogP contribution in [0.3, 0.4) is 0 Å². The molecule has 4 rings (SSSR count). The smallest absolute Gasteiger partial charge is 0.0927 e. The first-order valence-electron chi connectivity index (χ1n) is 8.08. The van der Waals surface area contributed by atoms with E-state index in [0.29, 0.717) is 0 Å². The van der Waals surface area contributed by atoms with Crippen LogP contribution >= 0.6 is 0 Å². The standard InChI is InChI=1S/C22H18N2/c1-16-6-5-9-20(14-16)22-15-21(23-24-22)19-12-10-18(11-13-19)17-7-3-2-4-8-17/h2-15H,1H3,(H,23,24). The third-order valence-corrected chi connectivity index (χ3v) is 4.19. The Morgan fingerprint density at radius 2 is 1.29 bits per heavy atom. The van der Waals surface area contributed by atoms with Gasteiger partial charge in [0.2, 0.25) is 0 Å². The fourth-order valence-corrected chi connectivity index (χ4v) is 2.89. The number of aromatic nitrogens is 2. The molecule has 1 N–H and O–H groups in total. The molecule has 1 heterocycles. The lowest BCUT2D eigenvalue weighted by molar-refractivity contribution is 1.10. The van der Waals surface area contributed by atoms with Crippen LogP contribution in [0.1, 0.15) is 5.56 Å². The highest BCUT2D eigenvalue weighted by Gasteiger charge is 2.06. The highest BCUT2D eigenvalue weighted by Crippen LogP contribution is 2.26. The maximum absolute atomic E-state index is 4.46. The summed E-state index contributed by atoms with van der Waals surface area (Å²) < 4.78 is 0. The molecule has 0 fully saturated rings. The predicted molar refractivity (Wildman–Crippen MR) is 99.6 cm³/mol. The molecule has 24 heavy (non-hydrogen) atoms. The van der Waals surface area contributed by atoms with E-state index in [0.717, 1.165) is 22.5 Å². The number of aromatic amines is 1. The maximum Gasteiger partial charge on any atom is 0.0927 e. The SMILES string of the molecule is Cc1cccc(-c2cc(-c3ccc(-c4ccccc4)cc3)[nH]n2)c1. The second-order valence-electron chi connectivity index (χ2n) is 5.98. The molecule has 0 aliphatic heterocycles. The molecule has 4 aromatic rings. The highest BCUT2D eigenvalue weighted by molar-refractivity contribution is 5.71. The van der Waals surface area contributed by atoms with Gasteiger partial charge in [0.25, 0.3) is 0 Å². The monoisotopic (exact) mass is 310 g/mol. The molecule has 0 amide bonds. The number of aryl methyl sites for hydroxylation is 1. The van der Waals surface area contributed by atoms with Gasteiger partial charge in [-0.25, -0.2) is 0 Å². The fraction of sp³-hybridized carbons (Fsp3) is 0.0455. The second-order valence-corrected chi connectivity index (χ2v) is 5.98. The minimum atomic E-state index is 0.973. The van der Waals surface area contributed by atoms with Gasteiger partial charge >= 0.3 is 0 Å². The molecule has 0 bridgehead atoms. The Bertz CT molecular complexity index is 951. The molecule has 3 aromatic carbocycles. The maximum atomic E-state index is 4.46. The summed E-state index contributed by atoms with van der Waals surface area (Å²) in [5.74, 6) is 0. The Morgan fingerprint density at radius 3 is 2.04 bits per heavy atom. The summed E-state index contributed by atoms with van der Waals surface area (Å²) in [6.45, 7) is 2.10. The molecule has 0 atom stereocenters. The summed E-state index contributed by atoms with van der Waals surface area (Å²) in [5.41, 5.74) is 7.97. The van der Waals surface area contributed by atoms with E-state index in [4.69, 9.17) is 0 Å². The Labute approximate surface area is 141 Å². The topological polar surface area (TPSA) is 28.7 Å². The largest absolute Gasteiger partial charge is 0.277 e.